The van der Waals surface area contributed by atoms with Crippen LogP contribution in [-0.2, 0) is 0 Å². The van der Waals surface area contributed by atoms with E-state index in [2.05, 4.69) is 0 Å². The smallest absolute Gasteiger partial charge is 0.289 e. The fraction of sp³-hybridized carbons (Fsp3) is 0.615. The van der Waals surface area contributed by atoms with Crippen LogP contribution >= 0.6 is 0 Å². The van der Waals surface area contributed by atoms with Crippen molar-refractivity contribution in [3.63, 3.8) is 0 Å². The fourth-order valence-corrected chi connectivity index (χ4v) is 2.45. The van der Waals surface area contributed by atoms with Gasteiger partial charge in [0.1, 0.15) is 5.76 Å². The summed E-state index contributed by atoms with van der Waals surface area (Å²) in [5, 5.41) is 0. The number of rotatable bonds is 2. The number of nitrogens with two attached hydrogens (primary N) is 1. The van der Waals surface area contributed by atoms with Gasteiger partial charge < -0.3 is 15.1 Å². The second kappa shape index (κ2) is 4.92. The van der Waals surface area contributed by atoms with Crippen LogP contribution in [-0.4, -0.2) is 29.4 Å². The Hall–Kier alpha value is -1.29. The topological polar surface area (TPSA) is 59.5 Å². The number of amides is 1. The molecule has 0 aromatic carbocycles. The molecule has 1 saturated heterocycles. The molecule has 0 spiro atoms. The molecular formula is C13H20N2O2. The first kappa shape index (κ1) is 12.2. The molecule has 1 fully saturated rings. The first-order valence-electron chi connectivity index (χ1n) is 6.22. The molecule has 0 aliphatic carbocycles. The highest BCUT2D eigenvalue weighted by Crippen LogP contribution is 2.22. The van der Waals surface area contributed by atoms with Crippen molar-refractivity contribution in [3.05, 3.63) is 23.7 Å². The average Bonchev–Trinajstić information content (AvgIpc) is 2.75. The van der Waals surface area contributed by atoms with Crippen LogP contribution in [0.5, 0.6) is 0 Å². The van der Waals surface area contributed by atoms with Gasteiger partial charge in [0.05, 0.1) is 0 Å². The minimum atomic E-state index is -0.0277. The molecule has 1 aromatic heterocycles. The molecule has 4 heteroatoms. The summed E-state index contributed by atoms with van der Waals surface area (Å²) in [7, 11) is 0. The third-order valence-corrected chi connectivity index (χ3v) is 3.37. The second-order valence-corrected chi connectivity index (χ2v) is 4.83. The third kappa shape index (κ3) is 2.52. The van der Waals surface area contributed by atoms with E-state index in [-0.39, 0.29) is 18.0 Å². The van der Waals surface area contributed by atoms with Gasteiger partial charge in [-0.05, 0) is 45.2 Å². The van der Waals surface area contributed by atoms with Crippen LogP contribution in [0.3, 0.4) is 0 Å². The maximum absolute atomic E-state index is 12.3. The van der Waals surface area contributed by atoms with E-state index in [9.17, 15) is 4.79 Å². The zero-order valence-electron chi connectivity index (χ0n) is 10.5. The lowest BCUT2D eigenvalue weighted by Crippen LogP contribution is -2.51. The summed E-state index contributed by atoms with van der Waals surface area (Å²) in [6, 6.07) is 3.71. The summed E-state index contributed by atoms with van der Waals surface area (Å²) in [6.07, 6.45) is 3.19. The first-order valence-corrected chi connectivity index (χ1v) is 6.22. The number of furan rings is 1. The maximum atomic E-state index is 12.3. The molecule has 0 radical (unpaired) electrons. The average molecular weight is 236 g/mol. The zero-order valence-corrected chi connectivity index (χ0v) is 10.5. The lowest BCUT2D eigenvalue weighted by Gasteiger charge is -2.37. The van der Waals surface area contributed by atoms with Crippen molar-refractivity contribution in [2.24, 2.45) is 5.73 Å². The van der Waals surface area contributed by atoms with Crippen molar-refractivity contribution < 1.29 is 9.21 Å². The van der Waals surface area contributed by atoms with E-state index in [1.54, 1.807) is 6.07 Å². The molecule has 0 unspecified atom stereocenters. The number of hydrogen-bond acceptors (Lipinski definition) is 3. The van der Waals surface area contributed by atoms with Crippen LogP contribution in [0.4, 0.5) is 0 Å². The van der Waals surface area contributed by atoms with Gasteiger partial charge in [0, 0.05) is 18.6 Å². The Morgan fingerprint density at radius 3 is 2.88 bits per heavy atom. The lowest BCUT2D eigenvalue weighted by molar-refractivity contribution is 0.0550. The minimum Gasteiger partial charge on any atom is -0.456 e. The summed E-state index contributed by atoms with van der Waals surface area (Å²) >= 11 is 0. The molecule has 2 rings (SSSR count). The molecule has 2 heterocycles. The van der Waals surface area contributed by atoms with E-state index in [0.717, 1.165) is 31.6 Å². The van der Waals surface area contributed by atoms with E-state index < -0.39 is 0 Å². The Morgan fingerprint density at radius 1 is 1.53 bits per heavy atom. The van der Waals surface area contributed by atoms with E-state index in [4.69, 9.17) is 10.2 Å². The quantitative estimate of drug-likeness (QED) is 0.853. The van der Waals surface area contributed by atoms with Crippen LogP contribution < -0.4 is 5.73 Å². The highest BCUT2D eigenvalue weighted by Gasteiger charge is 2.31. The van der Waals surface area contributed by atoms with E-state index >= 15 is 0 Å². The molecule has 0 saturated carbocycles. The monoisotopic (exact) mass is 236 g/mol. The van der Waals surface area contributed by atoms with Crippen molar-refractivity contribution in [1.29, 1.82) is 0 Å². The Labute approximate surface area is 102 Å². The van der Waals surface area contributed by atoms with Crippen molar-refractivity contribution in [1.82, 2.24) is 4.90 Å². The molecule has 4 nitrogen and oxygen atoms in total. The first-order chi connectivity index (χ1) is 8.09. The van der Waals surface area contributed by atoms with Gasteiger partial charge in [0.15, 0.2) is 5.76 Å². The number of aryl methyl sites for hydroxylation is 1. The Balaban J connectivity index is 2.16. The number of piperidine rings is 1. The highest BCUT2D eigenvalue weighted by atomic mass is 16.3. The van der Waals surface area contributed by atoms with E-state index in [1.165, 1.54) is 0 Å². The standard InChI is InChI=1S/C13H20N2O2/c1-9-6-7-12(17-9)13(16)15-8-4-3-5-11(15)10(2)14/h6-7,10-11H,3-5,8,14H2,1-2H3/t10-,11+/m1/s1. The zero-order chi connectivity index (χ0) is 12.4. The number of carbonyl (C=O) groups excluding carboxylic acids is 1. The molecule has 0 bridgehead atoms. The molecule has 17 heavy (non-hydrogen) atoms. The highest BCUT2D eigenvalue weighted by molar-refractivity contribution is 5.91. The van der Waals surface area contributed by atoms with E-state index in [1.807, 2.05) is 24.8 Å². The minimum absolute atomic E-state index is 0.00955. The van der Waals surface area contributed by atoms with Crippen molar-refractivity contribution >= 4 is 5.91 Å². The van der Waals surface area contributed by atoms with Crippen molar-refractivity contribution in [2.45, 2.75) is 45.2 Å². The van der Waals surface area contributed by atoms with Gasteiger partial charge >= 0.3 is 0 Å². The summed E-state index contributed by atoms with van der Waals surface area (Å²) < 4.78 is 5.39. The number of hydrogen-bond donors (Lipinski definition) is 1. The second-order valence-electron chi connectivity index (χ2n) is 4.83. The summed E-state index contributed by atoms with van der Waals surface area (Å²) in [6.45, 7) is 4.59. The number of likely N-dealkylation sites (tertiary alicyclic amines) is 1. The van der Waals surface area contributed by atoms with Gasteiger partial charge in [-0.25, -0.2) is 0 Å². The molecule has 1 aromatic rings. The lowest BCUT2D eigenvalue weighted by atomic mass is 9.96. The van der Waals surface area contributed by atoms with E-state index in [0.29, 0.717) is 5.76 Å². The van der Waals surface area contributed by atoms with Gasteiger partial charge in [-0.1, -0.05) is 0 Å². The van der Waals surface area contributed by atoms with Gasteiger partial charge in [-0.15, -0.1) is 0 Å². The molecule has 1 aliphatic rings. The van der Waals surface area contributed by atoms with Crippen LogP contribution in [0.25, 0.3) is 0 Å². The fourth-order valence-electron chi connectivity index (χ4n) is 2.45. The number of carbonyl (C=O) groups is 1. The van der Waals surface area contributed by atoms with Gasteiger partial charge in [0.25, 0.3) is 5.91 Å². The predicted octanol–water partition coefficient (Wildman–Crippen LogP) is 1.93. The SMILES string of the molecule is Cc1ccc(C(=O)N2CCCC[C@H]2[C@@H](C)N)o1. The Morgan fingerprint density at radius 2 is 2.29 bits per heavy atom. The van der Waals surface area contributed by atoms with Crippen molar-refractivity contribution in [3.8, 4) is 0 Å². The van der Waals surface area contributed by atoms with Gasteiger partial charge in [0.2, 0.25) is 0 Å². The van der Waals surface area contributed by atoms with Crippen LogP contribution in [0.2, 0.25) is 0 Å². The molecule has 1 amide bonds. The molecule has 2 N–H and O–H groups in total. The molecule has 1 aliphatic heterocycles. The molecule has 94 valence electrons. The molecular weight excluding hydrogens is 216 g/mol. The summed E-state index contributed by atoms with van der Waals surface area (Å²) in [4.78, 5) is 14.2. The largest absolute Gasteiger partial charge is 0.456 e. The Bertz CT molecular complexity index is 398. The predicted molar refractivity (Wildman–Crippen MR) is 65.8 cm³/mol. The van der Waals surface area contributed by atoms with Gasteiger partial charge in [-0.3, -0.25) is 4.79 Å². The number of nitrogens with zero attached hydrogens (tertiary/aromatic N) is 1. The van der Waals surface area contributed by atoms with Crippen LogP contribution in [0, 0.1) is 6.92 Å². The van der Waals surface area contributed by atoms with Crippen LogP contribution in [0.1, 0.15) is 42.5 Å². The third-order valence-electron chi connectivity index (χ3n) is 3.37. The van der Waals surface area contributed by atoms with Crippen LogP contribution in [0.15, 0.2) is 16.5 Å². The van der Waals surface area contributed by atoms with Gasteiger partial charge in [-0.2, -0.15) is 0 Å². The summed E-state index contributed by atoms with van der Waals surface area (Å²) in [5.41, 5.74) is 5.95. The van der Waals surface area contributed by atoms with Crippen molar-refractivity contribution in [2.75, 3.05) is 6.54 Å². The normalized spacial score (nSPS) is 22.5. The summed E-state index contributed by atoms with van der Waals surface area (Å²) in [5.74, 6) is 1.16. The molecule has 2 atom stereocenters. The Kier molecular flexibility index (Phi) is 3.52. The maximum Gasteiger partial charge on any atom is 0.289 e.